The standard InChI is InChI=1S/C10H7NO3S/c12-9(13)5-8-10(14)11-6-3-1-2-4-7(6)15-8/h1-5H,(H,11,14)(H,12,13)/p-1. The van der Waals surface area contributed by atoms with Crippen molar-refractivity contribution in [2.45, 2.75) is 4.90 Å². The summed E-state index contributed by atoms with van der Waals surface area (Å²) in [4.78, 5) is 22.7. The van der Waals surface area contributed by atoms with Crippen LogP contribution in [-0.4, -0.2) is 11.9 Å². The summed E-state index contributed by atoms with van der Waals surface area (Å²) in [5, 5.41) is 12.9. The smallest absolute Gasteiger partial charge is 0.262 e. The monoisotopic (exact) mass is 220 g/mol. The van der Waals surface area contributed by atoms with Gasteiger partial charge in [-0.2, -0.15) is 0 Å². The summed E-state index contributed by atoms with van der Waals surface area (Å²) in [6, 6.07) is 7.19. The van der Waals surface area contributed by atoms with Gasteiger partial charge in [0.1, 0.15) is 0 Å². The summed E-state index contributed by atoms with van der Waals surface area (Å²) in [7, 11) is 0. The number of carbonyl (C=O) groups excluding carboxylic acids is 2. The van der Waals surface area contributed by atoms with Crippen molar-refractivity contribution < 1.29 is 14.7 Å². The van der Waals surface area contributed by atoms with Crippen LogP contribution in [0.3, 0.4) is 0 Å². The van der Waals surface area contributed by atoms with Crippen LogP contribution in [0.5, 0.6) is 0 Å². The summed E-state index contributed by atoms with van der Waals surface area (Å²) < 4.78 is 0. The van der Waals surface area contributed by atoms with E-state index in [-0.39, 0.29) is 4.91 Å². The fourth-order valence-electron chi connectivity index (χ4n) is 1.21. The number of benzene rings is 1. The molecule has 1 aliphatic rings. The number of hydrogen-bond donors (Lipinski definition) is 1. The van der Waals surface area contributed by atoms with Gasteiger partial charge in [0.05, 0.1) is 16.6 Å². The second-order valence-corrected chi connectivity index (χ2v) is 3.96. The lowest BCUT2D eigenvalue weighted by atomic mass is 10.3. The molecule has 1 aliphatic heterocycles. The van der Waals surface area contributed by atoms with Gasteiger partial charge in [-0.05, 0) is 18.2 Å². The number of thioether (sulfide) groups is 1. The Morgan fingerprint density at radius 3 is 2.87 bits per heavy atom. The third-order valence-electron chi connectivity index (χ3n) is 1.83. The molecule has 1 heterocycles. The molecule has 0 radical (unpaired) electrons. The van der Waals surface area contributed by atoms with E-state index in [1.807, 2.05) is 12.1 Å². The van der Waals surface area contributed by atoms with E-state index in [0.717, 1.165) is 22.7 Å². The molecular weight excluding hydrogens is 214 g/mol. The van der Waals surface area contributed by atoms with E-state index in [1.165, 1.54) is 0 Å². The minimum atomic E-state index is -1.37. The summed E-state index contributed by atoms with van der Waals surface area (Å²) in [5.41, 5.74) is 0.697. The van der Waals surface area contributed by atoms with Crippen molar-refractivity contribution >= 4 is 29.3 Å². The maximum absolute atomic E-state index is 11.4. The minimum absolute atomic E-state index is 0.133. The van der Waals surface area contributed by atoms with Gasteiger partial charge in [0.2, 0.25) is 0 Å². The number of rotatable bonds is 1. The van der Waals surface area contributed by atoms with Crippen LogP contribution in [0.2, 0.25) is 0 Å². The Morgan fingerprint density at radius 2 is 2.13 bits per heavy atom. The molecule has 0 aliphatic carbocycles. The lowest BCUT2D eigenvalue weighted by Crippen LogP contribution is -2.23. The highest BCUT2D eigenvalue weighted by Gasteiger charge is 2.19. The molecule has 1 amide bonds. The molecule has 0 fully saturated rings. The van der Waals surface area contributed by atoms with Crippen molar-refractivity contribution in [2.75, 3.05) is 5.32 Å². The van der Waals surface area contributed by atoms with Crippen LogP contribution in [0.25, 0.3) is 0 Å². The lowest BCUT2D eigenvalue weighted by molar-refractivity contribution is -0.297. The third kappa shape index (κ3) is 2.02. The molecule has 15 heavy (non-hydrogen) atoms. The second-order valence-electron chi connectivity index (χ2n) is 2.88. The van der Waals surface area contributed by atoms with Crippen molar-refractivity contribution in [3.8, 4) is 0 Å². The Labute approximate surface area is 90.0 Å². The average Bonchev–Trinajstić information content (AvgIpc) is 2.18. The molecule has 0 atom stereocenters. The second kappa shape index (κ2) is 3.78. The van der Waals surface area contributed by atoms with Crippen LogP contribution in [0.1, 0.15) is 0 Å². The fourth-order valence-corrected chi connectivity index (χ4v) is 2.12. The number of hydrogen-bond acceptors (Lipinski definition) is 4. The molecule has 76 valence electrons. The number of aliphatic carboxylic acids is 1. The Balaban J connectivity index is 2.38. The molecule has 0 unspecified atom stereocenters. The molecule has 0 saturated heterocycles. The normalized spacial score (nSPS) is 17.1. The SMILES string of the molecule is O=C([O-])C=C1Sc2ccccc2NC1=O. The lowest BCUT2D eigenvalue weighted by Gasteiger charge is -2.18. The zero-order valence-electron chi connectivity index (χ0n) is 7.52. The molecule has 1 aromatic carbocycles. The molecule has 1 N–H and O–H groups in total. The highest BCUT2D eigenvalue weighted by atomic mass is 32.2. The van der Waals surface area contributed by atoms with Crippen LogP contribution in [-0.2, 0) is 9.59 Å². The van der Waals surface area contributed by atoms with Gasteiger partial charge in [0.15, 0.2) is 0 Å². The van der Waals surface area contributed by atoms with Crippen molar-refractivity contribution in [3.05, 3.63) is 35.2 Å². The van der Waals surface area contributed by atoms with Crippen LogP contribution < -0.4 is 10.4 Å². The number of carbonyl (C=O) groups is 2. The van der Waals surface area contributed by atoms with Gasteiger partial charge in [0, 0.05) is 4.90 Å². The summed E-state index contributed by atoms with van der Waals surface area (Å²) in [5.74, 6) is -1.78. The van der Waals surface area contributed by atoms with Gasteiger partial charge in [-0.15, -0.1) is 0 Å². The highest BCUT2D eigenvalue weighted by Crippen LogP contribution is 2.37. The van der Waals surface area contributed by atoms with E-state index in [1.54, 1.807) is 12.1 Å². The number of fused-ring (bicyclic) bond motifs is 1. The molecule has 4 nitrogen and oxygen atoms in total. The molecular formula is C10H6NO3S-. The molecule has 5 heteroatoms. The van der Waals surface area contributed by atoms with Crippen molar-refractivity contribution in [3.63, 3.8) is 0 Å². The number of carboxylic acid groups (broad SMARTS) is 1. The van der Waals surface area contributed by atoms with Crippen LogP contribution >= 0.6 is 11.8 Å². The van der Waals surface area contributed by atoms with E-state index in [2.05, 4.69) is 5.32 Å². The van der Waals surface area contributed by atoms with E-state index >= 15 is 0 Å². The fraction of sp³-hybridized carbons (Fsp3) is 0. The van der Waals surface area contributed by atoms with E-state index < -0.39 is 11.9 Å². The van der Waals surface area contributed by atoms with Crippen LogP contribution in [0, 0.1) is 0 Å². The Hall–Kier alpha value is -1.75. The van der Waals surface area contributed by atoms with Crippen LogP contribution in [0.15, 0.2) is 40.1 Å². The van der Waals surface area contributed by atoms with Gasteiger partial charge in [0.25, 0.3) is 5.91 Å². The maximum Gasteiger partial charge on any atom is 0.262 e. The summed E-state index contributed by atoms with van der Waals surface area (Å²) >= 11 is 1.12. The average molecular weight is 220 g/mol. The van der Waals surface area contributed by atoms with E-state index in [4.69, 9.17) is 0 Å². The van der Waals surface area contributed by atoms with Gasteiger partial charge in [-0.25, -0.2) is 0 Å². The zero-order valence-corrected chi connectivity index (χ0v) is 8.34. The number of amides is 1. The largest absolute Gasteiger partial charge is 0.545 e. The number of para-hydroxylation sites is 1. The highest BCUT2D eigenvalue weighted by molar-refractivity contribution is 8.04. The Kier molecular flexibility index (Phi) is 2.47. The van der Waals surface area contributed by atoms with E-state index in [9.17, 15) is 14.7 Å². The summed E-state index contributed by atoms with van der Waals surface area (Å²) in [6.45, 7) is 0. The van der Waals surface area contributed by atoms with Gasteiger partial charge >= 0.3 is 0 Å². The molecule has 1 aromatic rings. The zero-order chi connectivity index (χ0) is 10.8. The molecule has 0 aromatic heterocycles. The van der Waals surface area contributed by atoms with E-state index in [0.29, 0.717) is 5.69 Å². The first-order valence-electron chi connectivity index (χ1n) is 4.18. The van der Waals surface area contributed by atoms with Crippen LogP contribution in [0.4, 0.5) is 5.69 Å². The number of carboxylic acids is 1. The number of nitrogens with one attached hydrogen (secondary N) is 1. The predicted octanol–water partition coefficient (Wildman–Crippen LogP) is 0.365. The number of anilines is 1. The van der Waals surface area contributed by atoms with Crippen molar-refractivity contribution in [1.82, 2.24) is 0 Å². The Bertz CT molecular complexity index is 467. The van der Waals surface area contributed by atoms with Gasteiger partial charge in [-0.3, -0.25) is 4.79 Å². The molecule has 2 rings (SSSR count). The third-order valence-corrected chi connectivity index (χ3v) is 2.93. The first-order valence-corrected chi connectivity index (χ1v) is 4.99. The summed E-state index contributed by atoms with van der Waals surface area (Å²) in [6.07, 6.45) is 0.802. The van der Waals surface area contributed by atoms with Gasteiger partial charge < -0.3 is 15.2 Å². The quantitative estimate of drug-likeness (QED) is 0.694. The Morgan fingerprint density at radius 1 is 1.40 bits per heavy atom. The molecule has 0 saturated carbocycles. The first-order chi connectivity index (χ1) is 7.16. The molecule has 0 bridgehead atoms. The first kappa shape index (κ1) is 9.79. The molecule has 0 spiro atoms. The van der Waals surface area contributed by atoms with Crippen molar-refractivity contribution in [1.29, 1.82) is 0 Å². The topological polar surface area (TPSA) is 69.2 Å². The van der Waals surface area contributed by atoms with Crippen molar-refractivity contribution in [2.24, 2.45) is 0 Å². The predicted molar refractivity (Wildman–Crippen MR) is 54.0 cm³/mol. The van der Waals surface area contributed by atoms with Gasteiger partial charge in [-0.1, -0.05) is 23.9 Å². The minimum Gasteiger partial charge on any atom is -0.545 e. The maximum atomic E-state index is 11.4.